The zero-order valence-electron chi connectivity index (χ0n) is 14.7. The van der Waals surface area contributed by atoms with Gasteiger partial charge >= 0.3 is 0 Å². The number of anilines is 1. The second kappa shape index (κ2) is 8.07. The van der Waals surface area contributed by atoms with E-state index in [0.717, 1.165) is 25.2 Å². The lowest BCUT2D eigenvalue weighted by atomic mass is 10.3. The average Bonchev–Trinajstić information content (AvgIpc) is 3.12. The number of halogens is 2. The van der Waals surface area contributed by atoms with E-state index in [1.165, 1.54) is 23.1 Å². The molecule has 0 fully saturated rings. The van der Waals surface area contributed by atoms with Gasteiger partial charge in [0.25, 0.3) is 15.1 Å². The van der Waals surface area contributed by atoms with Gasteiger partial charge in [-0.1, -0.05) is 46.3 Å². The van der Waals surface area contributed by atoms with Crippen LogP contribution in [-0.4, -0.2) is 23.9 Å². The third-order valence-electron chi connectivity index (χ3n) is 4.30. The second-order valence-electron chi connectivity index (χ2n) is 6.35. The Morgan fingerprint density at radius 3 is 2.62 bits per heavy atom. The Bertz CT molecular complexity index is 1240. The molecule has 0 amide bonds. The van der Waals surface area contributed by atoms with E-state index < -0.39 is 10.1 Å². The maximum Gasteiger partial charge on any atom is 0.265 e. The van der Waals surface area contributed by atoms with Crippen LogP contribution in [-0.2, 0) is 16.7 Å². The first-order valence-corrected chi connectivity index (χ1v) is 12.5. The highest BCUT2D eigenvalue weighted by molar-refractivity contribution is 8.03. The smallest absolute Gasteiger partial charge is 0.265 e. The number of fused-ring (bicyclic) bond motifs is 2. The van der Waals surface area contributed by atoms with Crippen molar-refractivity contribution in [2.75, 3.05) is 10.8 Å². The molecule has 0 unspecified atom stereocenters. The minimum atomic E-state index is -4.04. The second-order valence-corrected chi connectivity index (χ2v) is 10.9. The fourth-order valence-corrected chi connectivity index (χ4v) is 6.00. The normalized spacial score (nSPS) is 15.4. The zero-order valence-corrected chi connectivity index (χ0v) is 18.7. The van der Waals surface area contributed by atoms with Crippen molar-refractivity contribution in [3.63, 3.8) is 0 Å². The number of aromatic nitrogens is 1. The number of hydrogen-bond acceptors (Lipinski definition) is 6. The third kappa shape index (κ3) is 4.56. The van der Waals surface area contributed by atoms with Crippen LogP contribution in [0.25, 0.3) is 16.3 Å². The highest BCUT2D eigenvalue weighted by Crippen LogP contribution is 2.46. The quantitative estimate of drug-likeness (QED) is 0.384. The van der Waals surface area contributed by atoms with Gasteiger partial charge in [0.05, 0.1) is 17.5 Å². The van der Waals surface area contributed by atoms with Crippen LogP contribution >= 0.6 is 46.3 Å². The van der Waals surface area contributed by atoms with Crippen molar-refractivity contribution in [3.8, 4) is 0 Å². The Labute approximate surface area is 185 Å². The Kier molecular flexibility index (Phi) is 5.82. The average molecular weight is 490 g/mol. The number of benzene rings is 2. The van der Waals surface area contributed by atoms with Crippen molar-refractivity contribution < 1.29 is 22.7 Å². The van der Waals surface area contributed by atoms with E-state index in [1.54, 1.807) is 18.2 Å². The van der Waals surface area contributed by atoms with Crippen LogP contribution in [0.5, 0.6) is 0 Å². The van der Waals surface area contributed by atoms with Crippen LogP contribution in [0.1, 0.15) is 11.4 Å². The molecule has 152 valence electrons. The van der Waals surface area contributed by atoms with E-state index >= 15 is 0 Å². The molecule has 6 nitrogen and oxygen atoms in total. The molecule has 0 saturated heterocycles. The molecule has 0 aliphatic carbocycles. The third-order valence-corrected chi connectivity index (χ3v) is 7.75. The van der Waals surface area contributed by atoms with Crippen molar-refractivity contribution >= 4 is 78.4 Å². The topological polar surface area (TPSA) is 81.7 Å². The molecule has 0 spiro atoms. The number of thioether (sulfide) groups is 1. The van der Waals surface area contributed by atoms with Crippen molar-refractivity contribution in [2.45, 2.75) is 17.9 Å². The van der Waals surface area contributed by atoms with Gasteiger partial charge in [0.2, 0.25) is 5.52 Å². The first-order valence-electron chi connectivity index (χ1n) is 8.46. The van der Waals surface area contributed by atoms with E-state index in [1.807, 2.05) is 28.8 Å². The zero-order chi connectivity index (χ0) is 20.8. The molecule has 0 bridgehead atoms. The molecule has 2 heterocycles. The predicted octanol–water partition coefficient (Wildman–Crippen LogP) is 5.07. The fourth-order valence-electron chi connectivity index (χ4n) is 3.03. The van der Waals surface area contributed by atoms with Crippen molar-refractivity contribution in [1.29, 1.82) is 0 Å². The number of aryl methyl sites for hydroxylation is 1. The Balaban J connectivity index is 1.73. The molecule has 0 atom stereocenters. The summed E-state index contributed by atoms with van der Waals surface area (Å²) in [6.07, 6.45) is 2.08. The maximum absolute atomic E-state index is 11.1. The van der Waals surface area contributed by atoms with Crippen LogP contribution in [0.15, 0.2) is 46.3 Å². The first kappa shape index (κ1) is 20.9. The predicted molar refractivity (Wildman–Crippen MR) is 118 cm³/mol. The lowest BCUT2D eigenvalue weighted by molar-refractivity contribution is -0.668. The van der Waals surface area contributed by atoms with Crippen molar-refractivity contribution in [2.24, 2.45) is 0 Å². The van der Waals surface area contributed by atoms with E-state index in [4.69, 9.17) is 27.8 Å². The van der Waals surface area contributed by atoms with E-state index in [2.05, 4.69) is 0 Å². The lowest BCUT2D eigenvalue weighted by Gasteiger charge is -2.10. The molecule has 1 aliphatic rings. The SMILES string of the molecule is O=S(=O)(O)CCC[n+]1c(C=C2Sc3ccc(Cl)cc3N2O)sc2ccc(Cl)cc21. The van der Waals surface area contributed by atoms with Crippen molar-refractivity contribution in [3.05, 3.63) is 56.5 Å². The monoisotopic (exact) mass is 489 g/mol. The van der Waals surface area contributed by atoms with E-state index in [9.17, 15) is 13.6 Å². The number of rotatable bonds is 5. The van der Waals surface area contributed by atoms with Gasteiger partial charge in [-0.05, 0) is 30.3 Å². The summed E-state index contributed by atoms with van der Waals surface area (Å²) >= 11 is 15.1. The summed E-state index contributed by atoms with van der Waals surface area (Å²) in [6.45, 7) is 0.369. The molecule has 2 N–H and O–H groups in total. The summed E-state index contributed by atoms with van der Waals surface area (Å²) < 4.78 is 34.1. The standard InChI is InChI=1S/C18H14Cl2N2O4S3/c19-11-2-4-15-13(8-11)21(6-1-7-29(24,25)26)17(27-15)10-18-22(23)14-9-12(20)3-5-16(14)28-18/h2-5,8-10H,1,6-7H2,(H-,23,24,25,26)/p+1. The van der Waals surface area contributed by atoms with Gasteiger partial charge in [0.15, 0.2) is 6.54 Å². The highest BCUT2D eigenvalue weighted by atomic mass is 35.5. The lowest BCUT2D eigenvalue weighted by Crippen LogP contribution is -2.36. The number of nitrogens with zero attached hydrogens (tertiary/aromatic N) is 2. The van der Waals surface area contributed by atoms with Gasteiger partial charge in [-0.25, -0.2) is 5.06 Å². The van der Waals surface area contributed by atoms with Crippen molar-refractivity contribution in [1.82, 2.24) is 0 Å². The molecular weight excluding hydrogens is 475 g/mol. The molecule has 3 aromatic rings. The highest BCUT2D eigenvalue weighted by Gasteiger charge is 2.27. The van der Waals surface area contributed by atoms with Gasteiger partial charge in [0, 0.05) is 27.4 Å². The molecular formula is C18H15Cl2N2O4S3+. The van der Waals surface area contributed by atoms with Gasteiger partial charge in [-0.2, -0.15) is 13.0 Å². The number of hydroxylamine groups is 1. The van der Waals surface area contributed by atoms with Crippen LogP contribution in [0, 0.1) is 0 Å². The van der Waals surface area contributed by atoms with Gasteiger partial charge in [0.1, 0.15) is 9.73 Å². The molecule has 1 aromatic heterocycles. The molecule has 11 heteroatoms. The minimum absolute atomic E-state index is 0.240. The summed E-state index contributed by atoms with van der Waals surface area (Å²) in [5, 5.41) is 14.2. The fraction of sp³-hybridized carbons (Fsp3) is 0.167. The van der Waals surface area contributed by atoms with Crippen LogP contribution < -0.4 is 9.63 Å². The summed E-state index contributed by atoms with van der Waals surface area (Å²) in [4.78, 5) is 0.880. The minimum Gasteiger partial charge on any atom is -0.286 e. The molecule has 1 aliphatic heterocycles. The Hall–Kier alpha value is -1.33. The van der Waals surface area contributed by atoms with Crippen LogP contribution in [0.4, 0.5) is 5.69 Å². The summed E-state index contributed by atoms with van der Waals surface area (Å²) in [5.41, 5.74) is 1.47. The molecule has 4 rings (SSSR count). The molecule has 2 aromatic carbocycles. The maximum atomic E-state index is 11.1. The summed E-state index contributed by atoms with van der Waals surface area (Å²) in [5.74, 6) is -0.335. The molecule has 0 radical (unpaired) electrons. The van der Waals surface area contributed by atoms with Crippen LogP contribution in [0.3, 0.4) is 0 Å². The number of thiazole rings is 1. The van der Waals surface area contributed by atoms with Crippen LogP contribution in [0.2, 0.25) is 10.0 Å². The number of hydrogen-bond donors (Lipinski definition) is 2. The largest absolute Gasteiger partial charge is 0.286 e. The van der Waals surface area contributed by atoms with Gasteiger partial charge < -0.3 is 0 Å². The molecule has 29 heavy (non-hydrogen) atoms. The Morgan fingerprint density at radius 2 is 1.86 bits per heavy atom. The first-order chi connectivity index (χ1) is 13.7. The van der Waals surface area contributed by atoms with E-state index in [-0.39, 0.29) is 12.2 Å². The summed E-state index contributed by atoms with van der Waals surface area (Å²) in [7, 11) is -4.04. The van der Waals surface area contributed by atoms with Gasteiger partial charge in [-0.3, -0.25) is 9.76 Å². The molecule has 0 saturated carbocycles. The van der Waals surface area contributed by atoms with Gasteiger partial charge in [-0.15, -0.1) is 0 Å². The Morgan fingerprint density at radius 1 is 1.14 bits per heavy atom. The summed E-state index contributed by atoms with van der Waals surface area (Å²) in [6, 6.07) is 10.8. The van der Waals surface area contributed by atoms with E-state index in [0.29, 0.717) is 27.3 Å².